The van der Waals surface area contributed by atoms with E-state index in [2.05, 4.69) is 10.6 Å². The monoisotopic (exact) mass is 445 g/mol. The van der Waals surface area contributed by atoms with E-state index >= 15 is 0 Å². The number of nitrogens with zero attached hydrogens (tertiary/aromatic N) is 1. The van der Waals surface area contributed by atoms with Crippen molar-refractivity contribution in [2.24, 2.45) is 0 Å². The molecule has 160 valence electrons. The van der Waals surface area contributed by atoms with Gasteiger partial charge in [-0.15, -0.1) is 0 Å². The topological polar surface area (TPSA) is 84.3 Å². The van der Waals surface area contributed by atoms with Crippen LogP contribution >= 0.6 is 11.6 Å². The van der Waals surface area contributed by atoms with E-state index < -0.39 is 4.92 Å². The van der Waals surface area contributed by atoms with Crippen LogP contribution in [0.5, 0.6) is 0 Å². The maximum absolute atomic E-state index is 13.5. The number of nitro benzene ring substituents is 1. The number of carbonyl (C=O) groups excluding carboxylic acids is 1. The number of ketones is 1. The average molecular weight is 446 g/mol. The highest BCUT2D eigenvalue weighted by atomic mass is 35.5. The Bertz CT molecular complexity index is 1250. The van der Waals surface area contributed by atoms with Crippen LogP contribution in [0.1, 0.15) is 35.9 Å². The van der Waals surface area contributed by atoms with Gasteiger partial charge in [-0.25, -0.2) is 0 Å². The zero-order valence-corrected chi connectivity index (χ0v) is 17.8. The second-order valence-corrected chi connectivity index (χ2v) is 8.51. The molecule has 3 aromatic carbocycles. The highest BCUT2D eigenvalue weighted by Crippen LogP contribution is 2.44. The minimum atomic E-state index is -0.403. The summed E-state index contributed by atoms with van der Waals surface area (Å²) in [5, 5.41) is 18.9. The summed E-state index contributed by atoms with van der Waals surface area (Å²) in [5.74, 6) is -0.111. The van der Waals surface area contributed by atoms with Crippen LogP contribution < -0.4 is 10.6 Å². The van der Waals surface area contributed by atoms with Crippen LogP contribution in [-0.2, 0) is 4.79 Å². The summed E-state index contributed by atoms with van der Waals surface area (Å²) >= 11 is 6.09. The van der Waals surface area contributed by atoms with Gasteiger partial charge in [-0.1, -0.05) is 48.0 Å². The summed E-state index contributed by atoms with van der Waals surface area (Å²) in [6, 6.07) is 21.6. The molecule has 0 saturated carbocycles. The van der Waals surface area contributed by atoms with E-state index in [1.54, 1.807) is 12.1 Å². The molecule has 1 heterocycles. The van der Waals surface area contributed by atoms with E-state index in [0.29, 0.717) is 23.4 Å². The first kappa shape index (κ1) is 20.3. The third-order valence-electron chi connectivity index (χ3n) is 6.06. The second-order valence-electron chi connectivity index (χ2n) is 8.07. The van der Waals surface area contributed by atoms with Crippen LogP contribution in [0.25, 0.3) is 0 Å². The number of halogens is 1. The molecule has 2 atom stereocenters. The number of fused-ring (bicyclic) bond motifs is 1. The van der Waals surface area contributed by atoms with Gasteiger partial charge in [0.1, 0.15) is 0 Å². The van der Waals surface area contributed by atoms with Gasteiger partial charge in [-0.3, -0.25) is 14.9 Å². The van der Waals surface area contributed by atoms with E-state index in [4.69, 9.17) is 11.6 Å². The van der Waals surface area contributed by atoms with Crippen molar-refractivity contribution in [3.05, 3.63) is 110 Å². The second kappa shape index (κ2) is 8.13. The standard InChI is InChI=1S/C25H20ClN3O3/c26-18-10-8-15(9-11-18)25-24-22(27-20-6-1-2-7-21(20)28-25)13-17(14-23(24)30)16-4-3-5-19(12-16)29(31)32/h1-12,17,25,27-28H,13-14H2/t17-,25-/m1/s1. The van der Waals surface area contributed by atoms with Gasteiger partial charge < -0.3 is 10.6 Å². The predicted molar refractivity (Wildman–Crippen MR) is 125 cm³/mol. The molecule has 6 nitrogen and oxygen atoms in total. The third-order valence-corrected chi connectivity index (χ3v) is 6.32. The first-order valence-corrected chi connectivity index (χ1v) is 10.8. The van der Waals surface area contributed by atoms with E-state index in [0.717, 1.165) is 28.2 Å². The number of para-hydroxylation sites is 2. The molecular weight excluding hydrogens is 426 g/mol. The summed E-state index contributed by atoms with van der Waals surface area (Å²) in [4.78, 5) is 24.3. The maximum Gasteiger partial charge on any atom is 0.269 e. The smallest absolute Gasteiger partial charge is 0.269 e. The molecule has 1 aliphatic heterocycles. The highest BCUT2D eigenvalue weighted by Gasteiger charge is 2.36. The molecule has 0 unspecified atom stereocenters. The fraction of sp³-hybridized carbons (Fsp3) is 0.160. The van der Waals surface area contributed by atoms with Gasteiger partial charge in [0.25, 0.3) is 5.69 Å². The number of hydrogen-bond acceptors (Lipinski definition) is 5. The molecule has 1 aliphatic carbocycles. The van der Waals surface area contributed by atoms with Crippen molar-refractivity contribution in [1.29, 1.82) is 0 Å². The largest absolute Gasteiger partial charge is 0.372 e. The van der Waals surface area contributed by atoms with E-state index in [1.807, 2.05) is 54.6 Å². The Hall–Kier alpha value is -3.64. The number of benzene rings is 3. The Morgan fingerprint density at radius 1 is 0.906 bits per heavy atom. The van der Waals surface area contributed by atoms with Gasteiger partial charge in [0.2, 0.25) is 0 Å². The Kier molecular flexibility index (Phi) is 5.15. The average Bonchev–Trinajstić information content (AvgIpc) is 2.96. The number of carbonyl (C=O) groups is 1. The van der Waals surface area contributed by atoms with Crippen LogP contribution in [0.3, 0.4) is 0 Å². The number of allylic oxidation sites excluding steroid dienone is 1. The van der Waals surface area contributed by atoms with Crippen molar-refractivity contribution in [1.82, 2.24) is 0 Å². The number of Topliss-reactive ketones (excluding diaryl/α,β-unsaturated/α-hetero) is 1. The fourth-order valence-corrected chi connectivity index (χ4v) is 4.65. The minimum absolute atomic E-state index is 0.0236. The normalized spacial score (nSPS) is 19.8. The number of anilines is 2. The molecule has 0 amide bonds. The molecule has 2 aliphatic rings. The first-order chi connectivity index (χ1) is 15.5. The summed E-state index contributed by atoms with van der Waals surface area (Å²) in [7, 11) is 0. The number of nitro groups is 1. The van der Waals surface area contributed by atoms with Crippen LogP contribution in [0.15, 0.2) is 84.1 Å². The van der Waals surface area contributed by atoms with Crippen molar-refractivity contribution in [3.8, 4) is 0 Å². The lowest BCUT2D eigenvalue weighted by molar-refractivity contribution is -0.384. The Morgan fingerprint density at radius 2 is 1.66 bits per heavy atom. The van der Waals surface area contributed by atoms with Gasteiger partial charge in [0.15, 0.2) is 5.78 Å². The summed E-state index contributed by atoms with van der Waals surface area (Å²) in [6.07, 6.45) is 0.881. The first-order valence-electron chi connectivity index (χ1n) is 10.4. The van der Waals surface area contributed by atoms with Crippen molar-refractivity contribution in [3.63, 3.8) is 0 Å². The van der Waals surface area contributed by atoms with E-state index in [-0.39, 0.29) is 23.4 Å². The molecule has 0 saturated heterocycles. The molecule has 0 bridgehead atoms. The van der Waals surface area contributed by atoms with Gasteiger partial charge in [-0.2, -0.15) is 0 Å². The number of nitrogens with one attached hydrogen (secondary N) is 2. The lowest BCUT2D eigenvalue weighted by Crippen LogP contribution is -2.26. The molecule has 0 spiro atoms. The lowest BCUT2D eigenvalue weighted by atomic mass is 9.78. The molecule has 7 heteroatoms. The number of non-ortho nitro benzene ring substituents is 1. The van der Waals surface area contributed by atoms with Gasteiger partial charge in [0, 0.05) is 34.8 Å². The van der Waals surface area contributed by atoms with Crippen LogP contribution in [0.4, 0.5) is 17.1 Å². The third kappa shape index (κ3) is 3.74. The van der Waals surface area contributed by atoms with Crippen molar-refractivity contribution in [2.75, 3.05) is 10.6 Å². The molecule has 5 rings (SSSR count). The van der Waals surface area contributed by atoms with Crippen LogP contribution in [-0.4, -0.2) is 10.7 Å². The zero-order chi connectivity index (χ0) is 22.2. The molecule has 32 heavy (non-hydrogen) atoms. The van der Waals surface area contributed by atoms with E-state index in [1.165, 1.54) is 6.07 Å². The Labute approximate surface area is 190 Å². The van der Waals surface area contributed by atoms with E-state index in [9.17, 15) is 14.9 Å². The quantitative estimate of drug-likeness (QED) is 0.369. The van der Waals surface area contributed by atoms with Crippen LogP contribution in [0, 0.1) is 10.1 Å². The van der Waals surface area contributed by atoms with Gasteiger partial charge >= 0.3 is 0 Å². The SMILES string of the molecule is O=C1C[C@H](c2cccc([N+](=O)[O-])c2)CC2=C1[C@@H](c1ccc(Cl)cc1)Nc1ccccc1N2. The molecular formula is C25H20ClN3O3. The summed E-state index contributed by atoms with van der Waals surface area (Å²) in [5.41, 5.74) is 5.12. The van der Waals surface area contributed by atoms with Crippen LogP contribution in [0.2, 0.25) is 5.02 Å². The summed E-state index contributed by atoms with van der Waals surface area (Å²) in [6.45, 7) is 0. The number of hydrogen-bond donors (Lipinski definition) is 2. The summed E-state index contributed by atoms with van der Waals surface area (Å²) < 4.78 is 0. The van der Waals surface area contributed by atoms with Crippen molar-refractivity contribution < 1.29 is 9.72 Å². The molecule has 2 N–H and O–H groups in total. The predicted octanol–water partition coefficient (Wildman–Crippen LogP) is 6.23. The maximum atomic E-state index is 13.5. The molecule has 0 aromatic heterocycles. The fourth-order valence-electron chi connectivity index (χ4n) is 4.53. The minimum Gasteiger partial charge on any atom is -0.372 e. The van der Waals surface area contributed by atoms with Gasteiger partial charge in [-0.05, 0) is 47.7 Å². The Morgan fingerprint density at radius 3 is 2.41 bits per heavy atom. The zero-order valence-electron chi connectivity index (χ0n) is 17.0. The van der Waals surface area contributed by atoms with Crippen molar-refractivity contribution >= 4 is 34.4 Å². The van der Waals surface area contributed by atoms with Crippen molar-refractivity contribution in [2.45, 2.75) is 24.8 Å². The number of rotatable bonds is 3. The lowest BCUT2D eigenvalue weighted by Gasteiger charge is -2.30. The molecule has 0 radical (unpaired) electrons. The van der Waals surface area contributed by atoms with Gasteiger partial charge in [0.05, 0.1) is 22.3 Å². The Balaban J connectivity index is 1.59. The highest BCUT2D eigenvalue weighted by molar-refractivity contribution is 6.30. The molecule has 3 aromatic rings. The molecule has 0 fully saturated rings.